The number of hydrazone groups is 1. The third-order valence-corrected chi connectivity index (χ3v) is 6.38. The third-order valence-electron chi connectivity index (χ3n) is 6.13. The Labute approximate surface area is 211 Å². The van der Waals surface area contributed by atoms with Crippen LogP contribution in [0.4, 0.5) is 23.7 Å². The summed E-state index contributed by atoms with van der Waals surface area (Å²) < 4.78 is 38.7. The number of hydrogen-bond donors (Lipinski definition) is 1. The van der Waals surface area contributed by atoms with Gasteiger partial charge in [0.2, 0.25) is 0 Å². The molecule has 4 rings (SSSR count). The van der Waals surface area contributed by atoms with E-state index in [1.54, 1.807) is 12.1 Å². The smallest absolute Gasteiger partial charge is 0.306 e. The predicted molar refractivity (Wildman–Crippen MR) is 133 cm³/mol. The molecular formula is C27H22ClF3N4O. The molecule has 1 heterocycles. The summed E-state index contributed by atoms with van der Waals surface area (Å²) >= 11 is 6.10. The molecule has 1 N–H and O–H groups in total. The standard InChI is InChI=1S/C27H22ClF3N4O/c28-22-12-8-19(9-13-22)24-26(16-4-5-17-32,20-6-2-1-3-7-20)18-35(34-24)25(36)33-23-14-10-21(11-15-23)27(29,30)31/h1-3,6-15H,4-5,16,18H2,(H,33,36). The second-order valence-electron chi connectivity index (χ2n) is 8.48. The van der Waals surface area contributed by atoms with Gasteiger partial charge in [-0.3, -0.25) is 0 Å². The van der Waals surface area contributed by atoms with Gasteiger partial charge in [0, 0.05) is 17.1 Å². The van der Waals surface area contributed by atoms with Crippen LogP contribution in [0.25, 0.3) is 0 Å². The van der Waals surface area contributed by atoms with Gasteiger partial charge in [0.15, 0.2) is 0 Å². The van der Waals surface area contributed by atoms with Gasteiger partial charge < -0.3 is 5.32 Å². The van der Waals surface area contributed by atoms with Crippen molar-refractivity contribution in [2.75, 3.05) is 11.9 Å². The number of nitrogens with zero attached hydrogens (tertiary/aromatic N) is 3. The highest BCUT2D eigenvalue weighted by Crippen LogP contribution is 2.40. The van der Waals surface area contributed by atoms with E-state index in [4.69, 9.17) is 16.9 Å². The Hall–Kier alpha value is -3.83. The molecule has 9 heteroatoms. The van der Waals surface area contributed by atoms with E-state index in [1.165, 1.54) is 17.1 Å². The zero-order valence-electron chi connectivity index (χ0n) is 19.1. The fourth-order valence-corrected chi connectivity index (χ4v) is 4.49. The number of nitriles is 1. The van der Waals surface area contributed by atoms with Gasteiger partial charge in [-0.2, -0.15) is 23.5 Å². The van der Waals surface area contributed by atoms with Crippen LogP contribution in [0.3, 0.4) is 0 Å². The number of nitrogens with one attached hydrogen (secondary N) is 1. The van der Waals surface area contributed by atoms with Gasteiger partial charge in [0.25, 0.3) is 0 Å². The molecule has 0 fully saturated rings. The van der Waals surface area contributed by atoms with E-state index in [-0.39, 0.29) is 12.2 Å². The van der Waals surface area contributed by atoms with Gasteiger partial charge in [0.05, 0.1) is 29.3 Å². The first-order chi connectivity index (χ1) is 17.2. The number of carbonyl (C=O) groups excluding carboxylic acids is 1. The summed E-state index contributed by atoms with van der Waals surface area (Å²) in [5.74, 6) is 0. The maximum absolute atomic E-state index is 13.2. The minimum absolute atomic E-state index is 0.201. The highest BCUT2D eigenvalue weighted by molar-refractivity contribution is 6.30. The van der Waals surface area contributed by atoms with Crippen LogP contribution in [-0.4, -0.2) is 23.3 Å². The number of unbranched alkanes of at least 4 members (excludes halogenated alkanes) is 1. The van der Waals surface area contributed by atoms with Crippen LogP contribution in [0, 0.1) is 11.3 Å². The van der Waals surface area contributed by atoms with Crippen molar-refractivity contribution in [1.29, 1.82) is 5.26 Å². The largest absolute Gasteiger partial charge is 0.416 e. The molecule has 5 nitrogen and oxygen atoms in total. The van der Waals surface area contributed by atoms with Crippen molar-refractivity contribution in [1.82, 2.24) is 5.01 Å². The monoisotopic (exact) mass is 510 g/mol. The quantitative estimate of drug-likeness (QED) is 0.355. The first kappa shape index (κ1) is 25.3. The van der Waals surface area contributed by atoms with E-state index in [0.29, 0.717) is 30.0 Å². The molecule has 1 atom stereocenters. The molecule has 0 radical (unpaired) electrons. The van der Waals surface area contributed by atoms with Gasteiger partial charge in [-0.1, -0.05) is 54.1 Å². The Bertz CT molecular complexity index is 1290. The highest BCUT2D eigenvalue weighted by Gasteiger charge is 2.46. The molecule has 0 saturated heterocycles. The lowest BCUT2D eigenvalue weighted by atomic mass is 9.71. The molecule has 1 aliphatic rings. The van der Waals surface area contributed by atoms with Crippen molar-refractivity contribution in [3.8, 4) is 6.07 Å². The summed E-state index contributed by atoms with van der Waals surface area (Å²) in [5, 5.41) is 18.3. The summed E-state index contributed by atoms with van der Waals surface area (Å²) in [6, 6.07) is 22.7. The van der Waals surface area contributed by atoms with Crippen molar-refractivity contribution in [3.63, 3.8) is 0 Å². The van der Waals surface area contributed by atoms with E-state index in [1.807, 2.05) is 42.5 Å². The summed E-state index contributed by atoms with van der Waals surface area (Å²) in [7, 11) is 0. The van der Waals surface area contributed by atoms with Crippen molar-refractivity contribution >= 4 is 29.0 Å². The zero-order valence-corrected chi connectivity index (χ0v) is 19.9. The van der Waals surface area contributed by atoms with E-state index in [0.717, 1.165) is 23.3 Å². The number of halogens is 4. The lowest BCUT2D eigenvalue weighted by Crippen LogP contribution is -2.41. The fraction of sp³-hybridized carbons (Fsp3) is 0.222. The summed E-state index contributed by atoms with van der Waals surface area (Å²) in [6.07, 6.45) is -2.96. The highest BCUT2D eigenvalue weighted by atomic mass is 35.5. The fourth-order valence-electron chi connectivity index (χ4n) is 4.37. The summed E-state index contributed by atoms with van der Waals surface area (Å²) in [6.45, 7) is 0.201. The average molecular weight is 511 g/mol. The normalized spacial score (nSPS) is 17.4. The number of carbonyl (C=O) groups is 1. The molecule has 184 valence electrons. The Morgan fingerprint density at radius 2 is 1.72 bits per heavy atom. The van der Waals surface area contributed by atoms with Crippen molar-refractivity contribution < 1.29 is 18.0 Å². The molecule has 0 bridgehead atoms. The second kappa shape index (κ2) is 10.4. The first-order valence-electron chi connectivity index (χ1n) is 11.3. The molecule has 1 aliphatic heterocycles. The summed E-state index contributed by atoms with van der Waals surface area (Å²) in [4.78, 5) is 13.2. The number of rotatable bonds is 6. The number of benzene rings is 3. The van der Waals surface area contributed by atoms with Crippen LogP contribution in [0.5, 0.6) is 0 Å². The van der Waals surface area contributed by atoms with Crippen LogP contribution in [0.2, 0.25) is 5.02 Å². The SMILES string of the molecule is N#CCCCC1(c2ccccc2)CN(C(=O)Nc2ccc(C(F)(F)F)cc2)N=C1c1ccc(Cl)cc1. The molecule has 0 aromatic heterocycles. The lowest BCUT2D eigenvalue weighted by Gasteiger charge is -2.31. The topological polar surface area (TPSA) is 68.5 Å². The Kier molecular flexibility index (Phi) is 7.32. The number of alkyl halides is 3. The Balaban J connectivity index is 1.69. The van der Waals surface area contributed by atoms with Gasteiger partial charge >= 0.3 is 12.2 Å². The van der Waals surface area contributed by atoms with E-state index < -0.39 is 23.2 Å². The molecule has 2 amide bonds. The van der Waals surface area contributed by atoms with Crippen molar-refractivity contribution in [2.24, 2.45) is 5.10 Å². The van der Waals surface area contributed by atoms with Crippen LogP contribution in [0.15, 0.2) is 84.0 Å². The predicted octanol–water partition coefficient (Wildman–Crippen LogP) is 7.24. The number of urea groups is 1. The first-order valence-corrected chi connectivity index (χ1v) is 11.6. The molecular weight excluding hydrogens is 489 g/mol. The maximum Gasteiger partial charge on any atom is 0.416 e. The molecule has 0 aliphatic carbocycles. The minimum Gasteiger partial charge on any atom is -0.306 e. The van der Waals surface area contributed by atoms with Gasteiger partial charge in [-0.15, -0.1) is 0 Å². The number of anilines is 1. The minimum atomic E-state index is -4.46. The molecule has 3 aromatic carbocycles. The second-order valence-corrected chi connectivity index (χ2v) is 8.91. The van der Waals surface area contributed by atoms with E-state index >= 15 is 0 Å². The van der Waals surface area contributed by atoms with Crippen molar-refractivity contribution in [3.05, 3.63) is 101 Å². The molecule has 1 unspecified atom stereocenters. The number of hydrogen-bond acceptors (Lipinski definition) is 3. The average Bonchev–Trinajstić information content (AvgIpc) is 3.26. The Morgan fingerprint density at radius 1 is 1.06 bits per heavy atom. The molecule has 3 aromatic rings. The molecule has 36 heavy (non-hydrogen) atoms. The summed E-state index contributed by atoms with van der Waals surface area (Å²) in [5.41, 5.74) is 1.12. The molecule has 0 saturated carbocycles. The van der Waals surface area contributed by atoms with Gasteiger partial charge in [0.1, 0.15) is 0 Å². The Morgan fingerprint density at radius 3 is 2.33 bits per heavy atom. The number of amides is 2. The van der Waals surface area contributed by atoms with Crippen LogP contribution in [0.1, 0.15) is 36.0 Å². The van der Waals surface area contributed by atoms with Gasteiger partial charge in [-0.05, 0) is 60.4 Å². The van der Waals surface area contributed by atoms with Crippen molar-refractivity contribution in [2.45, 2.75) is 30.9 Å². The molecule has 0 spiro atoms. The van der Waals surface area contributed by atoms with E-state index in [9.17, 15) is 18.0 Å². The maximum atomic E-state index is 13.2. The van der Waals surface area contributed by atoms with Crippen LogP contribution >= 0.6 is 11.6 Å². The van der Waals surface area contributed by atoms with E-state index in [2.05, 4.69) is 16.5 Å². The van der Waals surface area contributed by atoms with Crippen LogP contribution in [-0.2, 0) is 11.6 Å². The van der Waals surface area contributed by atoms with Gasteiger partial charge in [-0.25, -0.2) is 9.80 Å². The zero-order chi connectivity index (χ0) is 25.8. The van der Waals surface area contributed by atoms with Crippen LogP contribution < -0.4 is 5.32 Å². The third kappa shape index (κ3) is 5.37. The lowest BCUT2D eigenvalue weighted by molar-refractivity contribution is -0.137.